The van der Waals surface area contributed by atoms with E-state index in [4.69, 9.17) is 21.1 Å². The van der Waals surface area contributed by atoms with E-state index in [1.807, 2.05) is 6.92 Å². The van der Waals surface area contributed by atoms with Crippen molar-refractivity contribution in [3.8, 4) is 11.5 Å². The van der Waals surface area contributed by atoms with Crippen LogP contribution in [0, 0.1) is 0 Å². The molecule has 0 unspecified atom stereocenters. The van der Waals surface area contributed by atoms with Crippen LogP contribution in [0.25, 0.3) is 0 Å². The van der Waals surface area contributed by atoms with Crippen molar-refractivity contribution < 1.29 is 14.3 Å². The topological polar surface area (TPSA) is 60.5 Å². The second-order valence-corrected chi connectivity index (χ2v) is 4.45. The van der Waals surface area contributed by atoms with Gasteiger partial charge in [-0.25, -0.2) is 4.98 Å². The van der Waals surface area contributed by atoms with Crippen molar-refractivity contribution in [2.24, 2.45) is 0 Å². The van der Waals surface area contributed by atoms with E-state index in [2.05, 4.69) is 10.3 Å². The summed E-state index contributed by atoms with van der Waals surface area (Å²) in [6.07, 6.45) is 1.53. The number of nitrogens with one attached hydrogen (secondary N) is 1. The number of rotatable bonds is 5. The van der Waals surface area contributed by atoms with Gasteiger partial charge in [0, 0.05) is 18.0 Å². The number of hydrogen-bond acceptors (Lipinski definition) is 4. The molecular weight excluding hydrogens is 292 g/mol. The zero-order valence-corrected chi connectivity index (χ0v) is 12.5. The molecule has 0 saturated heterocycles. The highest BCUT2D eigenvalue weighted by molar-refractivity contribution is 6.33. The number of aromatic nitrogens is 1. The van der Waals surface area contributed by atoms with Crippen LogP contribution in [0.4, 0.5) is 5.69 Å². The first kappa shape index (κ1) is 15.1. The van der Waals surface area contributed by atoms with Gasteiger partial charge >= 0.3 is 0 Å². The number of hydrogen-bond donors (Lipinski definition) is 1. The number of pyridine rings is 1. The predicted octanol–water partition coefficient (Wildman–Crippen LogP) is 3.39. The Balaban J connectivity index is 2.21. The van der Waals surface area contributed by atoms with Crippen molar-refractivity contribution in [2.75, 3.05) is 19.0 Å². The Morgan fingerprint density at radius 1 is 1.33 bits per heavy atom. The molecule has 1 heterocycles. The van der Waals surface area contributed by atoms with Crippen molar-refractivity contribution in [3.63, 3.8) is 0 Å². The van der Waals surface area contributed by atoms with Crippen LogP contribution in [0.15, 0.2) is 36.5 Å². The van der Waals surface area contributed by atoms with E-state index < -0.39 is 0 Å². The lowest BCUT2D eigenvalue weighted by atomic mass is 10.2. The summed E-state index contributed by atoms with van der Waals surface area (Å²) in [5, 5.41) is 2.91. The minimum Gasteiger partial charge on any atom is -0.493 e. The van der Waals surface area contributed by atoms with Gasteiger partial charge < -0.3 is 14.8 Å². The lowest BCUT2D eigenvalue weighted by molar-refractivity contribution is 0.102. The molecule has 0 spiro atoms. The summed E-state index contributed by atoms with van der Waals surface area (Å²) in [5.74, 6) is 0.838. The molecule has 1 aromatic heterocycles. The van der Waals surface area contributed by atoms with Gasteiger partial charge in [-0.15, -0.1) is 0 Å². The fourth-order valence-electron chi connectivity index (χ4n) is 1.78. The molecule has 0 aliphatic carbocycles. The largest absolute Gasteiger partial charge is 0.493 e. The van der Waals surface area contributed by atoms with Crippen LogP contribution in [-0.4, -0.2) is 24.6 Å². The Morgan fingerprint density at radius 3 is 2.81 bits per heavy atom. The van der Waals surface area contributed by atoms with Gasteiger partial charge in [0.25, 0.3) is 5.91 Å². The first-order valence-electron chi connectivity index (χ1n) is 6.38. The van der Waals surface area contributed by atoms with Crippen molar-refractivity contribution in [1.29, 1.82) is 0 Å². The maximum absolute atomic E-state index is 12.2. The lowest BCUT2D eigenvalue weighted by Crippen LogP contribution is -2.13. The maximum atomic E-state index is 12.2. The molecule has 21 heavy (non-hydrogen) atoms. The lowest BCUT2D eigenvalue weighted by Gasteiger charge is -2.12. The Kier molecular flexibility index (Phi) is 5.00. The number of amides is 1. The normalized spacial score (nSPS) is 10.0. The third-order valence-corrected chi connectivity index (χ3v) is 3.03. The van der Waals surface area contributed by atoms with E-state index in [0.717, 1.165) is 0 Å². The van der Waals surface area contributed by atoms with Crippen LogP contribution in [0.2, 0.25) is 5.15 Å². The number of ether oxygens (including phenoxy) is 2. The number of benzene rings is 1. The number of nitrogens with zero attached hydrogens (tertiary/aromatic N) is 1. The average molecular weight is 307 g/mol. The van der Waals surface area contributed by atoms with Gasteiger partial charge in [0.05, 0.1) is 19.3 Å². The molecule has 6 heteroatoms. The van der Waals surface area contributed by atoms with Crippen molar-refractivity contribution in [2.45, 2.75) is 6.92 Å². The number of methoxy groups -OCH3 is 1. The van der Waals surface area contributed by atoms with Crippen LogP contribution < -0.4 is 14.8 Å². The first-order valence-corrected chi connectivity index (χ1v) is 6.76. The quantitative estimate of drug-likeness (QED) is 0.860. The molecule has 2 rings (SSSR count). The second-order valence-electron chi connectivity index (χ2n) is 4.09. The Morgan fingerprint density at radius 2 is 2.14 bits per heavy atom. The molecule has 0 aliphatic rings. The van der Waals surface area contributed by atoms with E-state index in [1.165, 1.54) is 6.20 Å². The van der Waals surface area contributed by atoms with E-state index in [1.54, 1.807) is 37.4 Å². The summed E-state index contributed by atoms with van der Waals surface area (Å²) in [6.45, 7) is 2.38. The van der Waals surface area contributed by atoms with Crippen LogP contribution in [0.1, 0.15) is 17.3 Å². The van der Waals surface area contributed by atoms with Gasteiger partial charge in [-0.1, -0.05) is 11.6 Å². The standard InChI is InChI=1S/C15H15ClN2O3/c1-3-21-13-9-10(6-7-12(13)20-2)18-15(19)11-5-4-8-17-14(11)16/h4-9H,3H2,1-2H3,(H,18,19). The van der Waals surface area contributed by atoms with Gasteiger partial charge in [-0.2, -0.15) is 0 Å². The van der Waals surface area contributed by atoms with E-state index in [-0.39, 0.29) is 11.1 Å². The van der Waals surface area contributed by atoms with Gasteiger partial charge in [-0.3, -0.25) is 4.79 Å². The number of halogens is 1. The third-order valence-electron chi connectivity index (χ3n) is 2.73. The molecule has 0 aliphatic heterocycles. The number of carbonyl (C=O) groups excluding carboxylic acids is 1. The molecule has 1 amide bonds. The highest BCUT2D eigenvalue weighted by atomic mass is 35.5. The number of anilines is 1. The van der Waals surface area contributed by atoms with E-state index in [0.29, 0.717) is 29.4 Å². The van der Waals surface area contributed by atoms with E-state index in [9.17, 15) is 4.79 Å². The molecule has 0 radical (unpaired) electrons. The highest BCUT2D eigenvalue weighted by Crippen LogP contribution is 2.30. The monoisotopic (exact) mass is 306 g/mol. The van der Waals surface area contributed by atoms with E-state index >= 15 is 0 Å². The average Bonchev–Trinajstić information content (AvgIpc) is 2.48. The smallest absolute Gasteiger partial charge is 0.258 e. The minimum absolute atomic E-state index is 0.161. The molecule has 2 aromatic rings. The Bertz CT molecular complexity index is 647. The second kappa shape index (κ2) is 6.95. The van der Waals surface area contributed by atoms with Crippen molar-refractivity contribution in [1.82, 2.24) is 4.98 Å². The molecule has 0 atom stereocenters. The predicted molar refractivity (Wildman–Crippen MR) is 81.4 cm³/mol. The van der Waals surface area contributed by atoms with Crippen LogP contribution >= 0.6 is 11.6 Å². The van der Waals surface area contributed by atoms with Crippen LogP contribution in [-0.2, 0) is 0 Å². The minimum atomic E-state index is -0.333. The first-order chi connectivity index (χ1) is 10.2. The summed E-state index contributed by atoms with van der Waals surface area (Å²) < 4.78 is 10.7. The van der Waals surface area contributed by atoms with Crippen molar-refractivity contribution in [3.05, 3.63) is 47.2 Å². The highest BCUT2D eigenvalue weighted by Gasteiger charge is 2.12. The fraction of sp³-hybridized carbons (Fsp3) is 0.200. The summed E-state index contributed by atoms with van der Waals surface area (Å²) in [4.78, 5) is 16.0. The van der Waals surface area contributed by atoms with Crippen LogP contribution in [0.3, 0.4) is 0 Å². The van der Waals surface area contributed by atoms with Gasteiger partial charge in [0.15, 0.2) is 11.5 Å². The molecule has 0 saturated carbocycles. The zero-order valence-electron chi connectivity index (χ0n) is 11.7. The molecule has 110 valence electrons. The SMILES string of the molecule is CCOc1cc(NC(=O)c2cccnc2Cl)ccc1OC. The fourth-order valence-corrected chi connectivity index (χ4v) is 1.98. The Hall–Kier alpha value is -2.27. The molecule has 1 N–H and O–H groups in total. The summed E-state index contributed by atoms with van der Waals surface area (Å²) in [7, 11) is 1.56. The maximum Gasteiger partial charge on any atom is 0.258 e. The van der Waals surface area contributed by atoms with Gasteiger partial charge in [0.2, 0.25) is 0 Å². The van der Waals surface area contributed by atoms with Crippen molar-refractivity contribution >= 4 is 23.2 Å². The number of carbonyl (C=O) groups is 1. The van der Waals surface area contributed by atoms with Crippen LogP contribution in [0.5, 0.6) is 11.5 Å². The molecule has 0 fully saturated rings. The summed E-state index contributed by atoms with van der Waals surface area (Å²) in [5.41, 5.74) is 0.900. The molecular formula is C15H15ClN2O3. The Labute approximate surface area is 127 Å². The van der Waals surface area contributed by atoms with Gasteiger partial charge in [-0.05, 0) is 31.2 Å². The summed E-state index contributed by atoms with van der Waals surface area (Å²) >= 11 is 5.90. The molecule has 1 aromatic carbocycles. The summed E-state index contributed by atoms with van der Waals surface area (Å²) in [6, 6.07) is 8.41. The molecule has 5 nitrogen and oxygen atoms in total. The van der Waals surface area contributed by atoms with Gasteiger partial charge in [0.1, 0.15) is 5.15 Å². The zero-order chi connectivity index (χ0) is 15.2. The molecule has 0 bridgehead atoms. The third kappa shape index (κ3) is 3.64.